The molecule has 1 aromatic carbocycles. The van der Waals surface area contributed by atoms with Crippen molar-refractivity contribution in [3.63, 3.8) is 0 Å². The highest BCUT2D eigenvalue weighted by Crippen LogP contribution is 2.14. The molecule has 0 radical (unpaired) electrons. The molecule has 1 rings (SSSR count). The average molecular weight is 217 g/mol. The van der Waals surface area contributed by atoms with Crippen LogP contribution in [0.3, 0.4) is 0 Å². The first-order valence-electron chi connectivity index (χ1n) is 5.75. The summed E-state index contributed by atoms with van der Waals surface area (Å²) < 4.78 is 0. The van der Waals surface area contributed by atoms with Crippen LogP contribution in [-0.2, 0) is 0 Å². The maximum Gasteiger partial charge on any atom is 0.0640 e. The zero-order valence-corrected chi connectivity index (χ0v) is 9.60. The van der Waals surface area contributed by atoms with Crippen molar-refractivity contribution >= 4 is 5.69 Å². The number of rotatable bonds is 7. The molecule has 0 unspecified atom stereocenters. The number of nitrogens with zero attached hydrogens (tertiary/aromatic N) is 2. The largest absolute Gasteiger partial charge is 0.371 e. The third-order valence-corrected chi connectivity index (χ3v) is 2.50. The summed E-state index contributed by atoms with van der Waals surface area (Å²) in [4.78, 5) is 2.25. The predicted molar refractivity (Wildman–Crippen MR) is 67.2 cm³/mol. The molecule has 0 aromatic heterocycles. The van der Waals surface area contributed by atoms with E-state index in [4.69, 9.17) is 11.0 Å². The summed E-state index contributed by atoms with van der Waals surface area (Å²) in [5, 5.41) is 8.64. The van der Waals surface area contributed by atoms with Crippen LogP contribution in [0.2, 0.25) is 0 Å². The number of hydrogen-bond acceptors (Lipinski definition) is 3. The fourth-order valence-corrected chi connectivity index (χ4v) is 1.64. The highest BCUT2D eigenvalue weighted by molar-refractivity contribution is 5.45. The van der Waals surface area contributed by atoms with Gasteiger partial charge in [-0.25, -0.2) is 0 Å². The van der Waals surface area contributed by atoms with Gasteiger partial charge in [-0.2, -0.15) is 5.26 Å². The summed E-state index contributed by atoms with van der Waals surface area (Å²) in [5.41, 5.74) is 6.67. The summed E-state index contributed by atoms with van der Waals surface area (Å²) in [6.45, 7) is 2.51. The van der Waals surface area contributed by atoms with Gasteiger partial charge in [-0.15, -0.1) is 0 Å². The van der Waals surface area contributed by atoms with E-state index in [0.29, 0.717) is 6.42 Å². The lowest BCUT2D eigenvalue weighted by Crippen LogP contribution is -2.25. The van der Waals surface area contributed by atoms with Gasteiger partial charge in [0.2, 0.25) is 0 Å². The van der Waals surface area contributed by atoms with Crippen LogP contribution < -0.4 is 10.6 Å². The monoisotopic (exact) mass is 217 g/mol. The molecule has 0 atom stereocenters. The van der Waals surface area contributed by atoms with Crippen molar-refractivity contribution in [2.45, 2.75) is 19.3 Å². The second-order valence-corrected chi connectivity index (χ2v) is 3.73. The Bertz CT molecular complexity index is 316. The van der Waals surface area contributed by atoms with Gasteiger partial charge >= 0.3 is 0 Å². The fourth-order valence-electron chi connectivity index (χ4n) is 1.64. The molecule has 2 N–H and O–H groups in total. The minimum Gasteiger partial charge on any atom is -0.371 e. The first-order valence-corrected chi connectivity index (χ1v) is 5.75. The molecule has 0 saturated heterocycles. The van der Waals surface area contributed by atoms with Gasteiger partial charge in [0.1, 0.15) is 0 Å². The Balaban J connectivity index is 2.53. The molecular weight excluding hydrogens is 198 g/mol. The minimum atomic E-state index is 0.567. The Kier molecular flexibility index (Phi) is 6.05. The molecule has 0 fully saturated rings. The van der Waals surface area contributed by atoms with Gasteiger partial charge in [0.05, 0.1) is 12.5 Å². The van der Waals surface area contributed by atoms with Gasteiger partial charge in [0.15, 0.2) is 0 Å². The maximum absolute atomic E-state index is 8.64. The van der Waals surface area contributed by atoms with Crippen molar-refractivity contribution in [2.24, 2.45) is 5.73 Å². The Hall–Kier alpha value is -1.53. The predicted octanol–water partition coefficient (Wildman–Crippen LogP) is 2.15. The minimum absolute atomic E-state index is 0.567. The van der Waals surface area contributed by atoms with E-state index in [1.165, 1.54) is 5.69 Å². The first kappa shape index (κ1) is 12.5. The lowest BCUT2D eigenvalue weighted by Gasteiger charge is -2.23. The van der Waals surface area contributed by atoms with Crippen LogP contribution in [0.4, 0.5) is 5.69 Å². The molecule has 0 bridgehead atoms. The number of para-hydroxylation sites is 1. The van der Waals surface area contributed by atoms with Crippen molar-refractivity contribution in [3.05, 3.63) is 30.3 Å². The highest BCUT2D eigenvalue weighted by atomic mass is 15.1. The van der Waals surface area contributed by atoms with E-state index in [1.54, 1.807) is 0 Å². The standard InChI is InChI=1S/C13H19N3/c14-9-4-5-11-16(12-6-10-15)13-7-2-1-3-8-13/h1-3,7-8H,4-6,9,11-12,14H2. The fraction of sp³-hybridized carbons (Fsp3) is 0.462. The second-order valence-electron chi connectivity index (χ2n) is 3.73. The first-order chi connectivity index (χ1) is 7.88. The smallest absolute Gasteiger partial charge is 0.0640 e. The number of nitriles is 1. The average Bonchev–Trinajstić information content (AvgIpc) is 2.35. The Morgan fingerprint density at radius 3 is 2.50 bits per heavy atom. The highest BCUT2D eigenvalue weighted by Gasteiger charge is 2.04. The molecule has 3 heteroatoms. The molecular formula is C13H19N3. The van der Waals surface area contributed by atoms with Crippen molar-refractivity contribution in [3.8, 4) is 6.07 Å². The molecule has 3 nitrogen and oxygen atoms in total. The number of hydrogen-bond donors (Lipinski definition) is 1. The van der Waals surface area contributed by atoms with Crippen LogP contribution in [0.25, 0.3) is 0 Å². The van der Waals surface area contributed by atoms with E-state index >= 15 is 0 Å². The number of unbranched alkanes of at least 4 members (excludes halogenated alkanes) is 1. The van der Waals surface area contributed by atoms with Crippen molar-refractivity contribution in [1.29, 1.82) is 5.26 Å². The SMILES string of the molecule is N#CCCN(CCCCN)c1ccccc1. The van der Waals surface area contributed by atoms with Gasteiger partial charge in [0.25, 0.3) is 0 Å². The molecule has 0 heterocycles. The third kappa shape index (κ3) is 4.33. The summed E-state index contributed by atoms with van der Waals surface area (Å²) in [5.74, 6) is 0. The van der Waals surface area contributed by atoms with E-state index in [9.17, 15) is 0 Å². The van der Waals surface area contributed by atoms with Gasteiger partial charge < -0.3 is 10.6 Å². The molecule has 86 valence electrons. The van der Waals surface area contributed by atoms with Crippen LogP contribution in [0.1, 0.15) is 19.3 Å². The normalized spacial score (nSPS) is 9.75. The molecule has 16 heavy (non-hydrogen) atoms. The van der Waals surface area contributed by atoms with E-state index in [-0.39, 0.29) is 0 Å². The van der Waals surface area contributed by atoms with Crippen LogP contribution in [0, 0.1) is 11.3 Å². The van der Waals surface area contributed by atoms with Gasteiger partial charge in [-0.3, -0.25) is 0 Å². The van der Waals surface area contributed by atoms with Gasteiger partial charge in [-0.05, 0) is 31.5 Å². The Morgan fingerprint density at radius 2 is 1.88 bits per heavy atom. The van der Waals surface area contributed by atoms with Crippen LogP contribution >= 0.6 is 0 Å². The summed E-state index contributed by atoms with van der Waals surface area (Å²) in [6.07, 6.45) is 2.68. The molecule has 0 saturated carbocycles. The third-order valence-electron chi connectivity index (χ3n) is 2.50. The van der Waals surface area contributed by atoms with Crippen molar-refractivity contribution < 1.29 is 0 Å². The Morgan fingerprint density at radius 1 is 1.12 bits per heavy atom. The quantitative estimate of drug-likeness (QED) is 0.712. The molecule has 0 aliphatic carbocycles. The second kappa shape index (κ2) is 7.72. The van der Waals surface area contributed by atoms with Crippen molar-refractivity contribution in [1.82, 2.24) is 0 Å². The van der Waals surface area contributed by atoms with E-state index in [0.717, 1.165) is 32.5 Å². The molecule has 0 aliphatic heterocycles. The number of nitrogens with two attached hydrogens (primary N) is 1. The maximum atomic E-state index is 8.64. The van der Waals surface area contributed by atoms with E-state index < -0.39 is 0 Å². The molecule has 0 spiro atoms. The van der Waals surface area contributed by atoms with E-state index in [2.05, 4.69) is 23.1 Å². The zero-order chi connectivity index (χ0) is 11.6. The zero-order valence-electron chi connectivity index (χ0n) is 9.60. The van der Waals surface area contributed by atoms with Gasteiger partial charge in [0, 0.05) is 18.8 Å². The Labute approximate surface area is 97.5 Å². The lowest BCUT2D eigenvalue weighted by molar-refractivity contribution is 0.694. The summed E-state index contributed by atoms with van der Waals surface area (Å²) in [7, 11) is 0. The van der Waals surface area contributed by atoms with Crippen LogP contribution in [0.15, 0.2) is 30.3 Å². The lowest BCUT2D eigenvalue weighted by atomic mass is 10.2. The number of anilines is 1. The topological polar surface area (TPSA) is 53.0 Å². The summed E-state index contributed by atoms with van der Waals surface area (Å²) in [6, 6.07) is 12.4. The summed E-state index contributed by atoms with van der Waals surface area (Å²) >= 11 is 0. The molecule has 0 amide bonds. The molecule has 1 aromatic rings. The number of benzene rings is 1. The van der Waals surface area contributed by atoms with Crippen LogP contribution in [-0.4, -0.2) is 19.6 Å². The van der Waals surface area contributed by atoms with Crippen molar-refractivity contribution in [2.75, 3.05) is 24.5 Å². The molecule has 0 aliphatic rings. The van der Waals surface area contributed by atoms with E-state index in [1.807, 2.05) is 18.2 Å². The van der Waals surface area contributed by atoms with Gasteiger partial charge in [-0.1, -0.05) is 18.2 Å². The van der Waals surface area contributed by atoms with Crippen LogP contribution in [0.5, 0.6) is 0 Å².